The Labute approximate surface area is 153 Å². The van der Waals surface area contributed by atoms with Gasteiger partial charge in [0.25, 0.3) is 0 Å². The van der Waals surface area contributed by atoms with Crippen molar-refractivity contribution in [3.05, 3.63) is 82.7 Å². The SMILES string of the molecule is Cc1nn(-c2ccccc2)c(C)c1CC(=O)NCc1ccccc1CO. The third-order valence-electron chi connectivity index (χ3n) is 4.54. The lowest BCUT2D eigenvalue weighted by molar-refractivity contribution is -0.120. The van der Waals surface area contributed by atoms with Crippen LogP contribution in [0.15, 0.2) is 54.6 Å². The fraction of sp³-hybridized carbons (Fsp3) is 0.238. The van der Waals surface area contributed by atoms with Crippen LogP contribution in [0.5, 0.6) is 0 Å². The Morgan fingerprint density at radius 2 is 1.69 bits per heavy atom. The van der Waals surface area contributed by atoms with Gasteiger partial charge in [-0.05, 0) is 37.1 Å². The van der Waals surface area contributed by atoms with Crippen LogP contribution in [0.2, 0.25) is 0 Å². The molecule has 3 aromatic rings. The maximum Gasteiger partial charge on any atom is 0.224 e. The number of carbonyl (C=O) groups excluding carboxylic acids is 1. The summed E-state index contributed by atoms with van der Waals surface area (Å²) in [5, 5.41) is 16.9. The molecule has 2 N–H and O–H groups in total. The second-order valence-corrected chi connectivity index (χ2v) is 6.28. The molecule has 1 amide bonds. The van der Waals surface area contributed by atoms with Crippen LogP contribution < -0.4 is 5.32 Å². The lowest BCUT2D eigenvalue weighted by Gasteiger charge is -2.09. The van der Waals surface area contributed by atoms with Gasteiger partial charge in [0, 0.05) is 17.8 Å². The molecule has 26 heavy (non-hydrogen) atoms. The molecular weight excluding hydrogens is 326 g/mol. The number of aromatic nitrogens is 2. The number of rotatable bonds is 6. The van der Waals surface area contributed by atoms with E-state index in [1.54, 1.807) is 0 Å². The van der Waals surface area contributed by atoms with E-state index in [0.717, 1.165) is 33.8 Å². The molecule has 5 heteroatoms. The molecule has 0 atom stereocenters. The molecule has 0 fully saturated rings. The molecule has 0 aliphatic heterocycles. The highest BCUT2D eigenvalue weighted by atomic mass is 16.3. The van der Waals surface area contributed by atoms with E-state index < -0.39 is 0 Å². The summed E-state index contributed by atoms with van der Waals surface area (Å²) in [6.07, 6.45) is 0.284. The Bertz CT molecular complexity index is 901. The van der Waals surface area contributed by atoms with Crippen LogP contribution in [0.25, 0.3) is 5.69 Å². The zero-order valence-electron chi connectivity index (χ0n) is 15.1. The Balaban J connectivity index is 1.71. The minimum absolute atomic E-state index is 0.0336. The van der Waals surface area contributed by atoms with E-state index in [2.05, 4.69) is 10.4 Å². The quantitative estimate of drug-likeness (QED) is 0.719. The Morgan fingerprint density at radius 3 is 2.38 bits per heavy atom. The number of hydrogen-bond acceptors (Lipinski definition) is 3. The van der Waals surface area contributed by atoms with Crippen LogP contribution in [0.1, 0.15) is 28.1 Å². The van der Waals surface area contributed by atoms with Crippen LogP contribution in [-0.2, 0) is 24.4 Å². The molecular formula is C21H23N3O2. The molecule has 3 rings (SSSR count). The number of para-hydroxylation sites is 1. The van der Waals surface area contributed by atoms with Crippen molar-refractivity contribution in [3.8, 4) is 5.69 Å². The topological polar surface area (TPSA) is 67.2 Å². The summed E-state index contributed by atoms with van der Waals surface area (Å²) < 4.78 is 1.87. The monoisotopic (exact) mass is 349 g/mol. The van der Waals surface area contributed by atoms with Gasteiger partial charge >= 0.3 is 0 Å². The Kier molecular flexibility index (Phi) is 5.49. The van der Waals surface area contributed by atoms with E-state index in [-0.39, 0.29) is 18.9 Å². The third-order valence-corrected chi connectivity index (χ3v) is 4.54. The van der Waals surface area contributed by atoms with E-state index in [9.17, 15) is 9.90 Å². The van der Waals surface area contributed by atoms with Gasteiger partial charge in [0.1, 0.15) is 0 Å². The average molecular weight is 349 g/mol. The number of carbonyl (C=O) groups is 1. The molecule has 0 aliphatic rings. The summed E-state index contributed by atoms with van der Waals surface area (Å²) in [5.41, 5.74) is 5.52. The minimum atomic E-state index is -0.0587. The van der Waals surface area contributed by atoms with Crippen LogP contribution >= 0.6 is 0 Å². The number of nitrogens with one attached hydrogen (secondary N) is 1. The smallest absolute Gasteiger partial charge is 0.224 e. The van der Waals surface area contributed by atoms with Gasteiger partial charge in [0.15, 0.2) is 0 Å². The molecule has 0 aliphatic carbocycles. The largest absolute Gasteiger partial charge is 0.392 e. The van der Waals surface area contributed by atoms with Crippen molar-refractivity contribution in [2.24, 2.45) is 0 Å². The zero-order valence-corrected chi connectivity index (χ0v) is 15.1. The maximum atomic E-state index is 12.4. The first-order valence-corrected chi connectivity index (χ1v) is 8.65. The summed E-state index contributed by atoms with van der Waals surface area (Å²) >= 11 is 0. The average Bonchev–Trinajstić information content (AvgIpc) is 2.95. The van der Waals surface area contributed by atoms with Crippen LogP contribution in [0, 0.1) is 13.8 Å². The number of aliphatic hydroxyl groups is 1. The van der Waals surface area contributed by atoms with E-state index >= 15 is 0 Å². The van der Waals surface area contributed by atoms with Crippen molar-refractivity contribution >= 4 is 5.91 Å². The Hall–Kier alpha value is -2.92. The van der Waals surface area contributed by atoms with E-state index in [4.69, 9.17) is 0 Å². The predicted molar refractivity (Wildman–Crippen MR) is 101 cm³/mol. The second kappa shape index (κ2) is 7.97. The first-order chi connectivity index (χ1) is 12.6. The second-order valence-electron chi connectivity index (χ2n) is 6.28. The summed E-state index contributed by atoms with van der Waals surface area (Å²) in [5.74, 6) is -0.0587. The molecule has 134 valence electrons. The number of hydrogen-bond donors (Lipinski definition) is 2. The Morgan fingerprint density at radius 1 is 1.04 bits per heavy atom. The maximum absolute atomic E-state index is 12.4. The first kappa shape index (κ1) is 17.9. The molecule has 5 nitrogen and oxygen atoms in total. The van der Waals surface area contributed by atoms with Crippen molar-refractivity contribution in [2.75, 3.05) is 0 Å². The fourth-order valence-electron chi connectivity index (χ4n) is 3.05. The van der Waals surface area contributed by atoms with Gasteiger partial charge in [0.05, 0.1) is 24.4 Å². The number of benzene rings is 2. The molecule has 1 aromatic heterocycles. The van der Waals surface area contributed by atoms with Crippen molar-refractivity contribution < 1.29 is 9.90 Å². The molecule has 0 spiro atoms. The first-order valence-electron chi connectivity index (χ1n) is 8.65. The highest BCUT2D eigenvalue weighted by Gasteiger charge is 2.16. The van der Waals surface area contributed by atoms with Crippen LogP contribution in [0.4, 0.5) is 0 Å². The summed E-state index contributed by atoms with van der Waals surface area (Å²) in [7, 11) is 0. The molecule has 0 saturated carbocycles. The zero-order chi connectivity index (χ0) is 18.5. The van der Waals surface area contributed by atoms with Crippen molar-refractivity contribution in [2.45, 2.75) is 33.4 Å². The van der Waals surface area contributed by atoms with Gasteiger partial charge in [-0.25, -0.2) is 4.68 Å². The fourth-order valence-corrected chi connectivity index (χ4v) is 3.05. The lowest BCUT2D eigenvalue weighted by atomic mass is 10.1. The van der Waals surface area contributed by atoms with Gasteiger partial charge < -0.3 is 10.4 Å². The summed E-state index contributed by atoms with van der Waals surface area (Å²) in [6.45, 7) is 4.28. The van der Waals surface area contributed by atoms with Crippen molar-refractivity contribution in [1.82, 2.24) is 15.1 Å². The molecule has 1 heterocycles. The number of nitrogens with zero attached hydrogens (tertiary/aromatic N) is 2. The normalized spacial score (nSPS) is 10.7. The van der Waals surface area contributed by atoms with Crippen LogP contribution in [-0.4, -0.2) is 20.8 Å². The molecule has 0 saturated heterocycles. The number of aliphatic hydroxyl groups excluding tert-OH is 1. The molecule has 0 bridgehead atoms. The van der Waals surface area contributed by atoms with E-state index in [1.165, 1.54) is 0 Å². The predicted octanol–water partition coefficient (Wildman–Crippen LogP) is 2.84. The van der Waals surface area contributed by atoms with Crippen LogP contribution in [0.3, 0.4) is 0 Å². The summed E-state index contributed by atoms with van der Waals surface area (Å²) in [6, 6.07) is 17.4. The number of amides is 1. The highest BCUT2D eigenvalue weighted by Crippen LogP contribution is 2.18. The van der Waals surface area contributed by atoms with Gasteiger partial charge in [-0.2, -0.15) is 5.10 Å². The van der Waals surface area contributed by atoms with Gasteiger partial charge in [-0.15, -0.1) is 0 Å². The molecule has 0 unspecified atom stereocenters. The molecule has 0 radical (unpaired) electrons. The van der Waals surface area contributed by atoms with Gasteiger partial charge in [0.2, 0.25) is 5.91 Å². The molecule has 2 aromatic carbocycles. The van der Waals surface area contributed by atoms with Crippen molar-refractivity contribution in [3.63, 3.8) is 0 Å². The standard InChI is InChI=1S/C21H23N3O2/c1-15-20(16(2)24(23-15)19-10-4-3-5-11-19)12-21(26)22-13-17-8-6-7-9-18(17)14-25/h3-11,25H,12-14H2,1-2H3,(H,22,26). The lowest BCUT2D eigenvalue weighted by Crippen LogP contribution is -2.25. The van der Waals surface area contributed by atoms with E-state index in [1.807, 2.05) is 73.1 Å². The minimum Gasteiger partial charge on any atom is -0.392 e. The summed E-state index contributed by atoms with van der Waals surface area (Å²) in [4.78, 5) is 12.4. The van der Waals surface area contributed by atoms with Gasteiger partial charge in [-0.3, -0.25) is 4.79 Å². The van der Waals surface area contributed by atoms with E-state index in [0.29, 0.717) is 6.54 Å². The number of aryl methyl sites for hydroxylation is 1. The van der Waals surface area contributed by atoms with Gasteiger partial charge in [-0.1, -0.05) is 42.5 Å². The third kappa shape index (κ3) is 3.83. The highest BCUT2D eigenvalue weighted by molar-refractivity contribution is 5.79. The van der Waals surface area contributed by atoms with Crippen molar-refractivity contribution in [1.29, 1.82) is 0 Å².